The second-order valence-electron chi connectivity index (χ2n) is 6.32. The molecule has 0 radical (unpaired) electrons. The van der Waals surface area contributed by atoms with Gasteiger partial charge in [0.15, 0.2) is 0 Å². The first-order valence-electron chi connectivity index (χ1n) is 8.35. The van der Waals surface area contributed by atoms with E-state index in [4.69, 9.17) is 0 Å². The third kappa shape index (κ3) is 3.33. The Hall–Kier alpha value is -1.80. The van der Waals surface area contributed by atoms with Crippen LogP contribution < -0.4 is 5.32 Å². The molecule has 1 fully saturated rings. The number of para-hydroxylation sites is 1. The van der Waals surface area contributed by atoms with Crippen LogP contribution in [0.4, 0.5) is 5.69 Å². The quantitative estimate of drug-likeness (QED) is 0.870. The van der Waals surface area contributed by atoms with Crippen LogP contribution in [-0.4, -0.2) is 24.5 Å². The van der Waals surface area contributed by atoms with E-state index in [0.717, 1.165) is 6.54 Å². The van der Waals surface area contributed by atoms with Gasteiger partial charge in [0, 0.05) is 12.2 Å². The molecule has 1 unspecified atom stereocenters. The van der Waals surface area contributed by atoms with Gasteiger partial charge in [0.2, 0.25) is 0 Å². The number of anilines is 1. The Labute approximate surface area is 134 Å². The molecular formula is C20H26N2. The smallest absolute Gasteiger partial charge is 0.0520 e. The molecule has 2 heteroatoms. The van der Waals surface area contributed by atoms with Crippen molar-refractivity contribution in [3.63, 3.8) is 0 Å². The predicted molar refractivity (Wildman–Crippen MR) is 94.4 cm³/mol. The van der Waals surface area contributed by atoms with Crippen molar-refractivity contribution in [1.82, 2.24) is 4.90 Å². The van der Waals surface area contributed by atoms with Gasteiger partial charge < -0.3 is 5.32 Å². The Morgan fingerprint density at radius 1 is 0.909 bits per heavy atom. The number of rotatable bonds is 5. The summed E-state index contributed by atoms with van der Waals surface area (Å²) in [5, 5.41) is 3.72. The van der Waals surface area contributed by atoms with Crippen LogP contribution in [0.5, 0.6) is 0 Å². The first kappa shape index (κ1) is 15.1. The van der Waals surface area contributed by atoms with Crippen LogP contribution in [0.2, 0.25) is 0 Å². The molecule has 0 aromatic heterocycles. The molecule has 2 aromatic carbocycles. The van der Waals surface area contributed by atoms with Crippen LogP contribution in [0, 0.1) is 13.8 Å². The molecule has 2 nitrogen and oxygen atoms in total. The van der Waals surface area contributed by atoms with E-state index in [-0.39, 0.29) is 0 Å². The molecule has 22 heavy (non-hydrogen) atoms. The molecule has 0 aliphatic carbocycles. The van der Waals surface area contributed by atoms with Gasteiger partial charge >= 0.3 is 0 Å². The van der Waals surface area contributed by atoms with E-state index in [0.29, 0.717) is 6.04 Å². The summed E-state index contributed by atoms with van der Waals surface area (Å²) in [6.45, 7) is 7.77. The third-order valence-electron chi connectivity index (χ3n) is 4.72. The van der Waals surface area contributed by atoms with E-state index in [9.17, 15) is 0 Å². The monoisotopic (exact) mass is 294 g/mol. The van der Waals surface area contributed by atoms with Crippen molar-refractivity contribution < 1.29 is 0 Å². The molecule has 2 aromatic rings. The van der Waals surface area contributed by atoms with Crippen molar-refractivity contribution in [2.75, 3.05) is 25.0 Å². The van der Waals surface area contributed by atoms with Crippen LogP contribution in [-0.2, 0) is 0 Å². The molecule has 0 saturated carbocycles. The lowest BCUT2D eigenvalue weighted by molar-refractivity contribution is 0.256. The number of aryl methyl sites for hydroxylation is 2. The summed E-state index contributed by atoms with van der Waals surface area (Å²) in [6, 6.07) is 17.9. The van der Waals surface area contributed by atoms with Crippen LogP contribution in [0.15, 0.2) is 48.5 Å². The van der Waals surface area contributed by atoms with Crippen molar-refractivity contribution in [2.24, 2.45) is 0 Å². The standard InChI is InChI=1S/C20H26N2/c1-16-9-8-10-17(2)20(16)21-15-19(22-13-6-7-14-22)18-11-4-3-5-12-18/h3-5,8-12,19,21H,6-7,13-15H2,1-2H3. The average molecular weight is 294 g/mol. The molecule has 1 aliphatic rings. The molecule has 116 valence electrons. The van der Waals surface area contributed by atoms with Crippen molar-refractivity contribution in [1.29, 1.82) is 0 Å². The van der Waals surface area contributed by atoms with Crippen molar-refractivity contribution in [2.45, 2.75) is 32.7 Å². The lowest BCUT2D eigenvalue weighted by Crippen LogP contribution is -2.31. The molecule has 1 heterocycles. The van der Waals surface area contributed by atoms with Gasteiger partial charge in [0.1, 0.15) is 0 Å². The summed E-state index contributed by atoms with van der Waals surface area (Å²) in [5.74, 6) is 0. The van der Waals surface area contributed by atoms with E-state index in [1.807, 2.05) is 0 Å². The summed E-state index contributed by atoms with van der Waals surface area (Å²) >= 11 is 0. The Morgan fingerprint density at radius 2 is 1.55 bits per heavy atom. The van der Waals surface area contributed by atoms with Gasteiger partial charge in [-0.15, -0.1) is 0 Å². The summed E-state index contributed by atoms with van der Waals surface area (Å²) in [7, 11) is 0. The second-order valence-corrected chi connectivity index (χ2v) is 6.32. The topological polar surface area (TPSA) is 15.3 Å². The highest BCUT2D eigenvalue weighted by molar-refractivity contribution is 5.56. The minimum Gasteiger partial charge on any atom is -0.383 e. The van der Waals surface area contributed by atoms with Gasteiger partial charge in [-0.2, -0.15) is 0 Å². The zero-order valence-electron chi connectivity index (χ0n) is 13.7. The molecular weight excluding hydrogens is 268 g/mol. The van der Waals surface area contributed by atoms with Crippen molar-refractivity contribution in [3.8, 4) is 0 Å². The number of likely N-dealkylation sites (tertiary alicyclic amines) is 1. The molecule has 1 atom stereocenters. The number of nitrogens with one attached hydrogen (secondary N) is 1. The molecule has 0 spiro atoms. The second kappa shape index (κ2) is 6.97. The highest BCUT2D eigenvalue weighted by Crippen LogP contribution is 2.27. The summed E-state index contributed by atoms with van der Waals surface area (Å²) in [5.41, 5.74) is 5.37. The van der Waals surface area contributed by atoms with Crippen molar-refractivity contribution >= 4 is 5.69 Å². The van der Waals surface area contributed by atoms with Gasteiger partial charge in [-0.05, 0) is 56.5 Å². The van der Waals surface area contributed by atoms with E-state index in [1.165, 1.54) is 48.3 Å². The Morgan fingerprint density at radius 3 is 2.18 bits per heavy atom. The zero-order chi connectivity index (χ0) is 15.4. The number of benzene rings is 2. The Bertz CT molecular complexity index is 580. The lowest BCUT2D eigenvalue weighted by atomic mass is 10.0. The fourth-order valence-electron chi connectivity index (χ4n) is 3.48. The van der Waals surface area contributed by atoms with Crippen LogP contribution in [0.25, 0.3) is 0 Å². The van der Waals surface area contributed by atoms with Crippen molar-refractivity contribution in [3.05, 3.63) is 65.2 Å². The van der Waals surface area contributed by atoms with Gasteiger partial charge in [-0.25, -0.2) is 0 Å². The van der Waals surface area contributed by atoms with Crippen LogP contribution >= 0.6 is 0 Å². The zero-order valence-corrected chi connectivity index (χ0v) is 13.7. The first-order chi connectivity index (χ1) is 10.8. The normalized spacial score (nSPS) is 16.6. The van der Waals surface area contributed by atoms with E-state index in [1.54, 1.807) is 0 Å². The fraction of sp³-hybridized carbons (Fsp3) is 0.400. The maximum Gasteiger partial charge on any atom is 0.0520 e. The first-order valence-corrected chi connectivity index (χ1v) is 8.35. The lowest BCUT2D eigenvalue weighted by Gasteiger charge is -2.29. The number of hydrogen-bond acceptors (Lipinski definition) is 2. The van der Waals surface area contributed by atoms with E-state index in [2.05, 4.69) is 72.6 Å². The largest absolute Gasteiger partial charge is 0.383 e. The summed E-state index contributed by atoms with van der Waals surface area (Å²) < 4.78 is 0. The number of nitrogens with zero attached hydrogens (tertiary/aromatic N) is 1. The van der Waals surface area contributed by atoms with Gasteiger partial charge in [-0.1, -0.05) is 48.5 Å². The highest BCUT2D eigenvalue weighted by atomic mass is 15.2. The minimum absolute atomic E-state index is 0.461. The molecule has 1 saturated heterocycles. The molecule has 0 bridgehead atoms. The van der Waals surface area contributed by atoms with Crippen LogP contribution in [0.1, 0.15) is 35.6 Å². The average Bonchev–Trinajstić information content (AvgIpc) is 3.05. The SMILES string of the molecule is Cc1cccc(C)c1NCC(c1ccccc1)N1CCCC1. The highest BCUT2D eigenvalue weighted by Gasteiger charge is 2.23. The third-order valence-corrected chi connectivity index (χ3v) is 4.72. The minimum atomic E-state index is 0.461. The Balaban J connectivity index is 1.78. The summed E-state index contributed by atoms with van der Waals surface area (Å²) in [6.07, 6.45) is 2.65. The maximum atomic E-state index is 3.72. The van der Waals surface area contributed by atoms with E-state index < -0.39 is 0 Å². The predicted octanol–water partition coefficient (Wildman–Crippen LogP) is 4.55. The fourth-order valence-corrected chi connectivity index (χ4v) is 3.48. The summed E-state index contributed by atoms with van der Waals surface area (Å²) in [4.78, 5) is 2.62. The van der Waals surface area contributed by atoms with Gasteiger partial charge in [-0.3, -0.25) is 4.90 Å². The number of hydrogen-bond donors (Lipinski definition) is 1. The molecule has 3 rings (SSSR count). The van der Waals surface area contributed by atoms with E-state index >= 15 is 0 Å². The van der Waals surface area contributed by atoms with Gasteiger partial charge in [0.25, 0.3) is 0 Å². The maximum absolute atomic E-state index is 3.72. The molecule has 1 aliphatic heterocycles. The van der Waals surface area contributed by atoms with Crippen LogP contribution in [0.3, 0.4) is 0 Å². The molecule has 0 amide bonds. The molecule has 1 N–H and O–H groups in total. The Kier molecular flexibility index (Phi) is 4.79. The van der Waals surface area contributed by atoms with Gasteiger partial charge in [0.05, 0.1) is 6.04 Å².